The Kier molecular flexibility index (Phi) is 6.09. The van der Waals surface area contributed by atoms with E-state index in [1.165, 1.54) is 20.5 Å². The molecule has 1 saturated carbocycles. The zero-order valence-corrected chi connectivity index (χ0v) is 22.6. The highest BCUT2D eigenvalue weighted by atomic mass is 79.9. The summed E-state index contributed by atoms with van der Waals surface area (Å²) in [6.07, 6.45) is 2.77. The number of carbonyl (C=O) groups is 3. The van der Waals surface area contributed by atoms with Crippen LogP contribution in [0.4, 0.5) is 11.6 Å². The van der Waals surface area contributed by atoms with Crippen molar-refractivity contribution in [1.29, 1.82) is 0 Å². The van der Waals surface area contributed by atoms with Gasteiger partial charge in [-0.15, -0.1) is 0 Å². The topological polar surface area (TPSA) is 155 Å². The van der Waals surface area contributed by atoms with Crippen LogP contribution in [0.2, 0.25) is 0 Å². The van der Waals surface area contributed by atoms with Crippen molar-refractivity contribution in [1.82, 2.24) is 24.4 Å². The van der Waals surface area contributed by atoms with Crippen LogP contribution in [-0.2, 0) is 20.9 Å². The molecular weight excluding hydrogens is 570 g/mol. The highest BCUT2D eigenvalue weighted by Gasteiger charge is 2.56. The quantitative estimate of drug-likeness (QED) is 0.253. The lowest BCUT2D eigenvalue weighted by Crippen LogP contribution is -2.46. The molecule has 6 rings (SSSR count). The number of methoxy groups -OCH3 is 2. The second-order valence-corrected chi connectivity index (χ2v) is 10.4. The van der Waals surface area contributed by atoms with E-state index < -0.39 is 12.0 Å². The van der Waals surface area contributed by atoms with Crippen molar-refractivity contribution in [2.24, 2.45) is 5.92 Å². The first-order valence-corrected chi connectivity index (χ1v) is 13.0. The fraction of sp³-hybridized carbons (Fsp3) is 0.308. The second kappa shape index (κ2) is 9.49. The zero-order valence-electron chi connectivity index (χ0n) is 21.1. The number of likely N-dealkylation sites (tertiary alicyclic amines) is 1. The number of anilines is 2. The molecule has 2 aliphatic rings. The molecule has 200 valence electrons. The lowest BCUT2D eigenvalue weighted by atomic mass is 10.1. The van der Waals surface area contributed by atoms with E-state index in [1.807, 2.05) is 0 Å². The van der Waals surface area contributed by atoms with E-state index in [0.717, 1.165) is 6.42 Å². The molecule has 3 atom stereocenters. The van der Waals surface area contributed by atoms with Crippen LogP contribution in [0.15, 0.2) is 41.3 Å². The summed E-state index contributed by atoms with van der Waals surface area (Å²) in [5.41, 5.74) is 7.44. The number of amides is 2. The maximum atomic E-state index is 13.9. The van der Waals surface area contributed by atoms with E-state index in [-0.39, 0.29) is 41.7 Å². The van der Waals surface area contributed by atoms with E-state index >= 15 is 0 Å². The third-order valence-electron chi connectivity index (χ3n) is 7.32. The lowest BCUT2D eigenvalue weighted by molar-refractivity contribution is -0.138. The molecule has 1 saturated heterocycles. The number of halogens is 1. The molecule has 1 aromatic carbocycles. The van der Waals surface area contributed by atoms with Gasteiger partial charge in [0.15, 0.2) is 0 Å². The zero-order chi connectivity index (χ0) is 27.4. The summed E-state index contributed by atoms with van der Waals surface area (Å²) in [5, 5.41) is 3.88. The fourth-order valence-electron chi connectivity index (χ4n) is 5.53. The second-order valence-electron chi connectivity index (χ2n) is 9.56. The van der Waals surface area contributed by atoms with Crippen molar-refractivity contribution < 1.29 is 23.9 Å². The molecular formula is C26H24BrN7O5. The predicted octanol–water partition coefficient (Wildman–Crippen LogP) is 2.75. The highest BCUT2D eigenvalue weighted by Crippen LogP contribution is 2.48. The van der Waals surface area contributed by atoms with Gasteiger partial charge in [-0.1, -0.05) is 6.07 Å². The molecule has 4 heterocycles. The number of aromatic nitrogens is 4. The maximum Gasteiger partial charge on any atom is 0.338 e. The highest BCUT2D eigenvalue weighted by molar-refractivity contribution is 9.10. The van der Waals surface area contributed by atoms with Gasteiger partial charge in [0.25, 0.3) is 0 Å². The Bertz CT molecular complexity index is 1670. The molecule has 1 aliphatic heterocycles. The van der Waals surface area contributed by atoms with Crippen LogP contribution in [0.3, 0.4) is 0 Å². The van der Waals surface area contributed by atoms with Crippen LogP contribution >= 0.6 is 15.9 Å². The van der Waals surface area contributed by atoms with Crippen molar-refractivity contribution in [2.75, 3.05) is 25.3 Å². The monoisotopic (exact) mass is 593 g/mol. The number of fused-ring (bicyclic) bond motifs is 4. The number of rotatable bonds is 6. The molecule has 3 aromatic heterocycles. The summed E-state index contributed by atoms with van der Waals surface area (Å²) < 4.78 is 12.8. The molecule has 0 bridgehead atoms. The van der Waals surface area contributed by atoms with Gasteiger partial charge in [0.2, 0.25) is 11.8 Å². The summed E-state index contributed by atoms with van der Waals surface area (Å²) in [6.45, 7) is -0.119. The Morgan fingerprint density at radius 1 is 1.18 bits per heavy atom. The number of nitrogens with zero attached hydrogens (tertiary/aromatic N) is 5. The minimum absolute atomic E-state index is 0.00401. The SMILES string of the molecule is COC(=O)c1cc(OC)c2c(c1)c1c(N)ncnc1n2CC(=O)N1C2C[C@@H]2C[C@H]1C(=O)Nc1cccc(Br)n1. The minimum atomic E-state index is -0.623. The molecule has 12 nitrogen and oxygen atoms in total. The number of nitrogens with two attached hydrogens (primary N) is 1. The van der Waals surface area contributed by atoms with Crippen LogP contribution in [0.5, 0.6) is 5.75 Å². The predicted molar refractivity (Wildman–Crippen MR) is 145 cm³/mol. The summed E-state index contributed by atoms with van der Waals surface area (Å²) in [5.74, 6) is 0.165. The summed E-state index contributed by atoms with van der Waals surface area (Å²) in [6, 6.07) is 7.79. The summed E-state index contributed by atoms with van der Waals surface area (Å²) in [4.78, 5) is 53.9. The lowest BCUT2D eigenvalue weighted by Gasteiger charge is -2.27. The minimum Gasteiger partial charge on any atom is -0.495 e. The number of nitrogen functional groups attached to an aromatic ring is 1. The Morgan fingerprint density at radius 3 is 2.74 bits per heavy atom. The van der Waals surface area contributed by atoms with E-state index in [4.69, 9.17) is 15.2 Å². The molecule has 4 aromatic rings. The van der Waals surface area contributed by atoms with Gasteiger partial charge in [-0.2, -0.15) is 0 Å². The Hall–Kier alpha value is -4.26. The first-order chi connectivity index (χ1) is 18.8. The van der Waals surface area contributed by atoms with Crippen molar-refractivity contribution in [3.05, 3.63) is 46.8 Å². The number of nitrogens with one attached hydrogen (secondary N) is 1. The van der Waals surface area contributed by atoms with Gasteiger partial charge >= 0.3 is 5.97 Å². The molecule has 2 fully saturated rings. The van der Waals surface area contributed by atoms with Gasteiger partial charge in [-0.25, -0.2) is 19.7 Å². The average Bonchev–Trinajstić information content (AvgIpc) is 3.47. The van der Waals surface area contributed by atoms with Crippen LogP contribution in [-0.4, -0.2) is 68.5 Å². The number of ether oxygens (including phenoxy) is 2. The molecule has 1 aliphatic carbocycles. The number of benzene rings is 1. The van der Waals surface area contributed by atoms with Crippen LogP contribution in [0, 0.1) is 5.92 Å². The molecule has 39 heavy (non-hydrogen) atoms. The Labute approximate surface area is 230 Å². The smallest absolute Gasteiger partial charge is 0.338 e. The molecule has 2 amide bonds. The van der Waals surface area contributed by atoms with Gasteiger partial charge in [0.1, 0.15) is 46.5 Å². The average molecular weight is 594 g/mol. The third-order valence-corrected chi connectivity index (χ3v) is 7.76. The van der Waals surface area contributed by atoms with Gasteiger partial charge in [-0.05, 0) is 59.0 Å². The van der Waals surface area contributed by atoms with E-state index in [0.29, 0.717) is 44.5 Å². The summed E-state index contributed by atoms with van der Waals surface area (Å²) >= 11 is 3.31. The molecule has 0 radical (unpaired) electrons. The van der Waals surface area contributed by atoms with Crippen LogP contribution < -0.4 is 15.8 Å². The first-order valence-electron chi connectivity index (χ1n) is 12.2. The number of carbonyl (C=O) groups excluding carboxylic acids is 3. The normalized spacial score (nSPS) is 19.7. The number of hydrogen-bond donors (Lipinski definition) is 2. The number of hydrogen-bond acceptors (Lipinski definition) is 9. The number of esters is 1. The van der Waals surface area contributed by atoms with Gasteiger partial charge < -0.3 is 30.0 Å². The number of piperidine rings is 1. The third kappa shape index (κ3) is 4.22. The van der Waals surface area contributed by atoms with E-state index in [2.05, 4.69) is 36.2 Å². The molecule has 13 heteroatoms. The standard InChI is InChI=1S/C26H24BrN7O5/c1-38-17-9-13(26(37)39-2)6-14-21-23(28)29-11-30-24(21)33(22(14)17)10-20(35)34-15-7-12(15)8-16(34)25(36)32-19-5-3-4-18(27)31-19/h3-6,9,11-12,15-16H,7-8,10H2,1-2H3,(H2,28,29,30)(H,31,32,36)/t12-,15?,16+/m1/s1. The van der Waals surface area contributed by atoms with Gasteiger partial charge in [-0.3, -0.25) is 9.59 Å². The number of pyridine rings is 1. The summed E-state index contributed by atoms with van der Waals surface area (Å²) in [7, 11) is 2.76. The van der Waals surface area contributed by atoms with Gasteiger partial charge in [0.05, 0.1) is 30.7 Å². The Morgan fingerprint density at radius 2 is 2.00 bits per heavy atom. The van der Waals surface area contributed by atoms with E-state index in [1.54, 1.807) is 39.8 Å². The van der Waals surface area contributed by atoms with Crippen LogP contribution in [0.25, 0.3) is 21.9 Å². The van der Waals surface area contributed by atoms with Crippen molar-refractivity contribution in [3.63, 3.8) is 0 Å². The van der Waals surface area contributed by atoms with Gasteiger partial charge in [0, 0.05) is 11.4 Å². The molecule has 0 spiro atoms. The molecule has 1 unspecified atom stereocenters. The van der Waals surface area contributed by atoms with Crippen molar-refractivity contribution in [2.45, 2.75) is 31.5 Å². The van der Waals surface area contributed by atoms with Crippen LogP contribution in [0.1, 0.15) is 23.2 Å². The fourth-order valence-corrected chi connectivity index (χ4v) is 5.88. The van der Waals surface area contributed by atoms with Crippen molar-refractivity contribution >= 4 is 67.3 Å². The Balaban J connectivity index is 1.38. The maximum absolute atomic E-state index is 13.9. The first kappa shape index (κ1) is 25.0. The van der Waals surface area contributed by atoms with E-state index in [9.17, 15) is 14.4 Å². The largest absolute Gasteiger partial charge is 0.495 e. The molecule has 3 N–H and O–H groups in total. The van der Waals surface area contributed by atoms with Crippen molar-refractivity contribution in [3.8, 4) is 5.75 Å².